The molecule has 0 radical (unpaired) electrons. The normalized spacial score (nSPS) is 10.7. The molecule has 1 heterocycles. The van der Waals surface area contributed by atoms with Crippen LogP contribution in [0.25, 0.3) is 11.3 Å². The molecule has 9 heteroatoms. The highest BCUT2D eigenvalue weighted by molar-refractivity contribution is 7.14. The maximum absolute atomic E-state index is 12.6. The largest absolute Gasteiger partial charge is 0.496 e. The lowest BCUT2D eigenvalue weighted by Gasteiger charge is -2.12. The van der Waals surface area contributed by atoms with Crippen molar-refractivity contribution in [3.05, 3.63) is 52.9 Å². The number of hydrogen-bond acceptors (Lipinski definition) is 6. The lowest BCUT2D eigenvalue weighted by Crippen LogP contribution is -2.12. The van der Waals surface area contributed by atoms with Gasteiger partial charge in [0, 0.05) is 16.5 Å². The van der Waals surface area contributed by atoms with Crippen molar-refractivity contribution in [2.24, 2.45) is 0 Å². The van der Waals surface area contributed by atoms with Crippen LogP contribution in [0.5, 0.6) is 17.2 Å². The summed E-state index contributed by atoms with van der Waals surface area (Å²) in [5.41, 5.74) is 2.77. The molecule has 0 aliphatic rings. The van der Waals surface area contributed by atoms with E-state index in [9.17, 15) is 13.6 Å². The van der Waals surface area contributed by atoms with E-state index < -0.39 is 12.5 Å². The number of methoxy groups -OCH3 is 1. The average molecular weight is 434 g/mol. The summed E-state index contributed by atoms with van der Waals surface area (Å²) in [5.74, 6) is 0.165. The Balaban J connectivity index is 1.80. The number of ether oxygens (including phenoxy) is 3. The van der Waals surface area contributed by atoms with Gasteiger partial charge in [0.15, 0.2) is 16.6 Å². The predicted molar refractivity (Wildman–Crippen MR) is 111 cm³/mol. The summed E-state index contributed by atoms with van der Waals surface area (Å²) in [6, 6.07) is 9.77. The summed E-state index contributed by atoms with van der Waals surface area (Å²) in [6.45, 7) is 0.917. The highest BCUT2D eigenvalue weighted by Gasteiger charge is 2.17. The van der Waals surface area contributed by atoms with Gasteiger partial charge in [0.1, 0.15) is 5.75 Å². The van der Waals surface area contributed by atoms with E-state index in [1.807, 2.05) is 30.5 Å². The molecule has 0 spiro atoms. The zero-order valence-electron chi connectivity index (χ0n) is 16.6. The van der Waals surface area contributed by atoms with Crippen LogP contribution in [0, 0.1) is 6.92 Å². The van der Waals surface area contributed by atoms with Crippen molar-refractivity contribution in [2.45, 2.75) is 20.5 Å². The van der Waals surface area contributed by atoms with E-state index in [1.54, 1.807) is 14.0 Å². The van der Waals surface area contributed by atoms with Crippen LogP contribution in [0.15, 0.2) is 41.8 Å². The fourth-order valence-corrected chi connectivity index (χ4v) is 3.46. The lowest BCUT2D eigenvalue weighted by atomic mass is 10.1. The number of rotatable bonds is 8. The molecule has 6 nitrogen and oxygen atoms in total. The number of carbonyl (C=O) groups is 1. The Bertz CT molecular complexity index is 1040. The van der Waals surface area contributed by atoms with Gasteiger partial charge in [0.05, 0.1) is 19.4 Å². The Labute approximate surface area is 176 Å². The Morgan fingerprint density at radius 1 is 1.17 bits per heavy atom. The van der Waals surface area contributed by atoms with Crippen LogP contribution in [0.4, 0.5) is 13.9 Å². The van der Waals surface area contributed by atoms with Gasteiger partial charge < -0.3 is 14.2 Å². The molecule has 0 unspecified atom stereocenters. The quantitative estimate of drug-likeness (QED) is 0.516. The number of anilines is 1. The first kappa shape index (κ1) is 21.5. The molecule has 0 aliphatic carbocycles. The number of aromatic nitrogens is 1. The van der Waals surface area contributed by atoms with Crippen molar-refractivity contribution in [3.63, 3.8) is 0 Å². The number of alkyl halides is 2. The maximum atomic E-state index is 12.6. The molecular formula is C21H20F2N2O4S. The number of nitrogens with zero attached hydrogens (tertiary/aromatic N) is 1. The van der Waals surface area contributed by atoms with Crippen LogP contribution in [-0.4, -0.2) is 31.2 Å². The van der Waals surface area contributed by atoms with Crippen molar-refractivity contribution in [3.8, 4) is 28.5 Å². The SMILES string of the molecule is CCOc1cc(C(=O)Nc2nc(-c3cc(C)ccc3OC)cs2)ccc1OC(F)F. The molecule has 0 aliphatic heterocycles. The summed E-state index contributed by atoms with van der Waals surface area (Å²) in [5, 5.41) is 4.92. The van der Waals surface area contributed by atoms with Crippen LogP contribution in [0.3, 0.4) is 0 Å². The van der Waals surface area contributed by atoms with Gasteiger partial charge in [-0.1, -0.05) is 11.6 Å². The molecule has 0 fully saturated rings. The summed E-state index contributed by atoms with van der Waals surface area (Å²) in [4.78, 5) is 17.1. The van der Waals surface area contributed by atoms with Gasteiger partial charge in [-0.3, -0.25) is 10.1 Å². The first-order valence-corrected chi connectivity index (χ1v) is 9.92. The molecule has 2 aromatic carbocycles. The minimum atomic E-state index is -2.99. The third kappa shape index (κ3) is 5.04. The van der Waals surface area contributed by atoms with Crippen molar-refractivity contribution < 1.29 is 27.8 Å². The van der Waals surface area contributed by atoms with Gasteiger partial charge >= 0.3 is 6.61 Å². The minimum Gasteiger partial charge on any atom is -0.496 e. The minimum absolute atomic E-state index is 0.0646. The topological polar surface area (TPSA) is 69.7 Å². The predicted octanol–water partition coefficient (Wildman–Crippen LogP) is 5.38. The standard InChI is InChI=1S/C21H20F2N2O4S/c1-4-28-18-10-13(6-8-17(18)29-20(22)23)19(26)25-21-24-15(11-30-21)14-9-12(2)5-7-16(14)27-3/h5-11,20H,4H2,1-3H3,(H,24,25,26). The zero-order valence-corrected chi connectivity index (χ0v) is 17.4. The first-order valence-electron chi connectivity index (χ1n) is 9.04. The van der Waals surface area contributed by atoms with Gasteiger partial charge in [0.25, 0.3) is 5.91 Å². The number of halogens is 2. The number of amides is 1. The second-order valence-electron chi connectivity index (χ2n) is 6.17. The first-order chi connectivity index (χ1) is 14.4. The monoisotopic (exact) mass is 434 g/mol. The fourth-order valence-electron chi connectivity index (χ4n) is 2.76. The number of benzene rings is 2. The molecule has 1 aromatic heterocycles. The molecule has 0 saturated heterocycles. The Morgan fingerprint density at radius 3 is 2.63 bits per heavy atom. The zero-order chi connectivity index (χ0) is 21.7. The van der Waals surface area contributed by atoms with Crippen molar-refractivity contribution in [1.82, 2.24) is 4.98 Å². The molecule has 1 N–H and O–H groups in total. The van der Waals surface area contributed by atoms with E-state index in [-0.39, 0.29) is 23.7 Å². The third-order valence-electron chi connectivity index (χ3n) is 4.08. The molecule has 3 rings (SSSR count). The number of aryl methyl sites for hydroxylation is 1. The summed E-state index contributed by atoms with van der Waals surface area (Å²) >= 11 is 1.26. The molecule has 0 saturated carbocycles. The van der Waals surface area contributed by atoms with E-state index in [0.717, 1.165) is 11.1 Å². The number of thiazole rings is 1. The van der Waals surface area contributed by atoms with Crippen LogP contribution < -0.4 is 19.5 Å². The van der Waals surface area contributed by atoms with E-state index >= 15 is 0 Å². The lowest BCUT2D eigenvalue weighted by molar-refractivity contribution is -0.0514. The highest BCUT2D eigenvalue weighted by Crippen LogP contribution is 2.34. The Kier molecular flexibility index (Phi) is 6.83. The smallest absolute Gasteiger partial charge is 0.387 e. The summed E-state index contributed by atoms with van der Waals surface area (Å²) < 4.78 is 40.2. The van der Waals surface area contributed by atoms with Crippen molar-refractivity contribution in [1.29, 1.82) is 0 Å². The van der Waals surface area contributed by atoms with Crippen LogP contribution >= 0.6 is 11.3 Å². The molecule has 30 heavy (non-hydrogen) atoms. The van der Waals surface area contributed by atoms with Gasteiger partial charge in [-0.15, -0.1) is 11.3 Å². The van der Waals surface area contributed by atoms with Crippen LogP contribution in [0.1, 0.15) is 22.8 Å². The maximum Gasteiger partial charge on any atom is 0.387 e. The van der Waals surface area contributed by atoms with Crippen LogP contribution in [0.2, 0.25) is 0 Å². The molecule has 158 valence electrons. The molecule has 3 aromatic rings. The van der Waals surface area contributed by atoms with Gasteiger partial charge in [-0.2, -0.15) is 8.78 Å². The third-order valence-corrected chi connectivity index (χ3v) is 4.84. The number of nitrogens with one attached hydrogen (secondary N) is 1. The number of hydrogen-bond donors (Lipinski definition) is 1. The van der Waals surface area contributed by atoms with Gasteiger partial charge in [-0.05, 0) is 44.2 Å². The second kappa shape index (κ2) is 9.53. The van der Waals surface area contributed by atoms with E-state index in [0.29, 0.717) is 16.6 Å². The van der Waals surface area contributed by atoms with E-state index in [1.165, 1.54) is 29.5 Å². The number of carbonyl (C=O) groups excluding carboxylic acids is 1. The molecule has 0 bridgehead atoms. The van der Waals surface area contributed by atoms with Crippen LogP contribution in [-0.2, 0) is 0 Å². The Morgan fingerprint density at radius 2 is 1.93 bits per heavy atom. The second-order valence-corrected chi connectivity index (χ2v) is 7.03. The molecule has 0 atom stereocenters. The van der Waals surface area contributed by atoms with Gasteiger partial charge in [0.2, 0.25) is 0 Å². The van der Waals surface area contributed by atoms with Crippen molar-refractivity contribution >= 4 is 22.4 Å². The average Bonchev–Trinajstić information content (AvgIpc) is 3.17. The highest BCUT2D eigenvalue weighted by atomic mass is 32.1. The molecular weight excluding hydrogens is 414 g/mol. The van der Waals surface area contributed by atoms with Crippen molar-refractivity contribution in [2.75, 3.05) is 19.0 Å². The van der Waals surface area contributed by atoms with E-state index in [2.05, 4.69) is 15.0 Å². The van der Waals surface area contributed by atoms with E-state index in [4.69, 9.17) is 9.47 Å². The van der Waals surface area contributed by atoms with Gasteiger partial charge in [-0.25, -0.2) is 4.98 Å². The fraction of sp³-hybridized carbons (Fsp3) is 0.238. The summed E-state index contributed by atoms with van der Waals surface area (Å²) in [6.07, 6.45) is 0. The Hall–Kier alpha value is -3.20. The summed E-state index contributed by atoms with van der Waals surface area (Å²) in [7, 11) is 1.58. The molecule has 1 amide bonds.